The number of piperidine rings is 2. The van der Waals surface area contributed by atoms with Crippen LogP contribution in [0.3, 0.4) is 0 Å². The fourth-order valence-electron chi connectivity index (χ4n) is 4.37. The monoisotopic (exact) mass is 344 g/mol. The number of nitrogens with zero attached hydrogens (tertiary/aromatic N) is 2. The Morgan fingerprint density at radius 1 is 1.24 bits per heavy atom. The first kappa shape index (κ1) is 17.9. The predicted molar refractivity (Wildman–Crippen MR) is 96.4 cm³/mol. The predicted octanol–water partition coefficient (Wildman–Crippen LogP) is 2.58. The fourth-order valence-corrected chi connectivity index (χ4v) is 4.37. The Morgan fingerprint density at radius 3 is 2.52 bits per heavy atom. The van der Waals surface area contributed by atoms with Gasteiger partial charge in [-0.15, -0.1) is 0 Å². The van der Waals surface area contributed by atoms with Crippen molar-refractivity contribution >= 4 is 11.9 Å². The van der Waals surface area contributed by atoms with E-state index in [1.807, 2.05) is 23.1 Å². The van der Waals surface area contributed by atoms with E-state index in [4.69, 9.17) is 5.11 Å². The molecule has 1 amide bonds. The average molecular weight is 344 g/mol. The van der Waals surface area contributed by atoms with Crippen molar-refractivity contribution < 1.29 is 14.7 Å². The van der Waals surface area contributed by atoms with Gasteiger partial charge >= 0.3 is 5.97 Å². The minimum Gasteiger partial charge on any atom is -0.481 e. The van der Waals surface area contributed by atoms with Gasteiger partial charge in [0.15, 0.2) is 0 Å². The summed E-state index contributed by atoms with van der Waals surface area (Å²) in [6.07, 6.45) is 3.21. The highest BCUT2D eigenvalue weighted by atomic mass is 16.4. The Morgan fingerprint density at radius 2 is 1.92 bits per heavy atom. The molecule has 1 atom stereocenters. The van der Waals surface area contributed by atoms with Crippen LogP contribution >= 0.6 is 0 Å². The highest BCUT2D eigenvalue weighted by Gasteiger charge is 2.45. The van der Waals surface area contributed by atoms with Gasteiger partial charge in [0.25, 0.3) is 0 Å². The summed E-state index contributed by atoms with van der Waals surface area (Å²) >= 11 is 0. The Labute approximate surface area is 149 Å². The lowest BCUT2D eigenvalue weighted by Crippen LogP contribution is -2.54. The molecular formula is C20H28N2O3. The number of amides is 1. The lowest BCUT2D eigenvalue weighted by atomic mass is 9.67. The van der Waals surface area contributed by atoms with Crippen molar-refractivity contribution in [3.63, 3.8) is 0 Å². The zero-order valence-corrected chi connectivity index (χ0v) is 15.0. The highest BCUT2D eigenvalue weighted by molar-refractivity contribution is 5.84. The number of carbonyl (C=O) groups excluding carboxylic acids is 1. The van der Waals surface area contributed by atoms with Crippen LogP contribution in [0, 0.1) is 5.41 Å². The Hall–Kier alpha value is -1.88. The Balaban J connectivity index is 1.71. The largest absolute Gasteiger partial charge is 0.481 e. The quantitative estimate of drug-likeness (QED) is 0.892. The molecule has 0 aliphatic carbocycles. The molecule has 5 heteroatoms. The lowest BCUT2D eigenvalue weighted by Gasteiger charge is -2.49. The average Bonchev–Trinajstić information content (AvgIpc) is 2.64. The third-order valence-corrected chi connectivity index (χ3v) is 5.92. The van der Waals surface area contributed by atoms with Gasteiger partial charge in [0.1, 0.15) is 0 Å². The summed E-state index contributed by atoms with van der Waals surface area (Å²) in [7, 11) is 0. The number of rotatable bonds is 5. The maximum atomic E-state index is 12.9. The molecule has 0 saturated carbocycles. The van der Waals surface area contributed by atoms with E-state index in [-0.39, 0.29) is 23.7 Å². The molecule has 136 valence electrons. The molecule has 2 aliphatic heterocycles. The molecule has 25 heavy (non-hydrogen) atoms. The van der Waals surface area contributed by atoms with Gasteiger partial charge in [0.2, 0.25) is 5.91 Å². The van der Waals surface area contributed by atoms with Crippen LogP contribution in [0.4, 0.5) is 0 Å². The third kappa shape index (κ3) is 4.03. The van der Waals surface area contributed by atoms with Crippen molar-refractivity contribution in [2.75, 3.05) is 32.7 Å². The lowest BCUT2D eigenvalue weighted by molar-refractivity contribution is -0.142. The zero-order valence-electron chi connectivity index (χ0n) is 15.0. The molecule has 1 N–H and O–H groups in total. The number of likely N-dealkylation sites (N-methyl/N-ethyl adjacent to an activating group) is 1. The van der Waals surface area contributed by atoms with E-state index in [0.29, 0.717) is 6.54 Å². The molecular weight excluding hydrogens is 316 g/mol. The van der Waals surface area contributed by atoms with Gasteiger partial charge in [0.05, 0.1) is 12.3 Å². The Bertz CT molecular complexity index is 609. The first-order chi connectivity index (χ1) is 12.0. The molecule has 0 bridgehead atoms. The number of hydrogen-bond acceptors (Lipinski definition) is 3. The van der Waals surface area contributed by atoms with E-state index < -0.39 is 5.97 Å². The summed E-state index contributed by atoms with van der Waals surface area (Å²) in [5, 5.41) is 8.87. The summed E-state index contributed by atoms with van der Waals surface area (Å²) in [4.78, 5) is 27.9. The summed E-state index contributed by atoms with van der Waals surface area (Å²) in [6.45, 7) is 6.15. The van der Waals surface area contributed by atoms with Crippen LogP contribution in [0.2, 0.25) is 0 Å². The molecule has 2 aliphatic rings. The van der Waals surface area contributed by atoms with Crippen molar-refractivity contribution in [3.05, 3.63) is 35.9 Å². The van der Waals surface area contributed by atoms with Gasteiger partial charge in [-0.1, -0.05) is 30.3 Å². The van der Waals surface area contributed by atoms with E-state index in [0.717, 1.165) is 51.0 Å². The molecule has 0 aromatic heterocycles. The van der Waals surface area contributed by atoms with Crippen LogP contribution in [0.25, 0.3) is 0 Å². The molecule has 1 aromatic carbocycles. The zero-order chi connectivity index (χ0) is 17.9. The number of aliphatic carboxylic acids is 1. The molecule has 2 saturated heterocycles. The number of likely N-dealkylation sites (tertiary alicyclic amines) is 2. The molecule has 1 aromatic rings. The van der Waals surface area contributed by atoms with Gasteiger partial charge in [-0.25, -0.2) is 0 Å². The van der Waals surface area contributed by atoms with Gasteiger partial charge in [-0.2, -0.15) is 0 Å². The first-order valence-corrected chi connectivity index (χ1v) is 9.31. The number of carbonyl (C=O) groups is 2. The standard InChI is InChI=1S/C20H28N2O3/c1-2-22-15-20(9-12-21(13-10-20)11-8-18(23)24)14-17(19(22)25)16-6-4-3-5-7-16/h3-7,17H,2,8-15H2,1H3,(H,23,24)/t17-/m0/s1. The van der Waals surface area contributed by atoms with E-state index in [1.54, 1.807) is 0 Å². The van der Waals surface area contributed by atoms with Crippen molar-refractivity contribution in [2.24, 2.45) is 5.41 Å². The maximum absolute atomic E-state index is 12.9. The first-order valence-electron chi connectivity index (χ1n) is 9.31. The second-order valence-corrected chi connectivity index (χ2v) is 7.51. The number of carboxylic acids is 1. The summed E-state index contributed by atoms with van der Waals surface area (Å²) in [6, 6.07) is 10.1. The fraction of sp³-hybridized carbons (Fsp3) is 0.600. The van der Waals surface area contributed by atoms with Crippen LogP contribution in [0.15, 0.2) is 30.3 Å². The summed E-state index contributed by atoms with van der Waals surface area (Å²) < 4.78 is 0. The van der Waals surface area contributed by atoms with E-state index >= 15 is 0 Å². The molecule has 0 radical (unpaired) electrons. The summed E-state index contributed by atoms with van der Waals surface area (Å²) in [5.41, 5.74) is 1.29. The normalized spacial score (nSPS) is 23.8. The van der Waals surface area contributed by atoms with Gasteiger partial charge in [-0.3, -0.25) is 9.59 Å². The number of carboxylic acid groups (broad SMARTS) is 1. The molecule has 3 rings (SSSR count). The van der Waals surface area contributed by atoms with Crippen molar-refractivity contribution in [1.82, 2.24) is 9.80 Å². The van der Waals surface area contributed by atoms with Crippen molar-refractivity contribution in [2.45, 2.75) is 38.5 Å². The van der Waals surface area contributed by atoms with Crippen LogP contribution in [0.5, 0.6) is 0 Å². The SMILES string of the molecule is CCN1CC2(CCN(CCC(=O)O)CC2)C[C@@H](c2ccccc2)C1=O. The molecule has 1 spiro atoms. The highest BCUT2D eigenvalue weighted by Crippen LogP contribution is 2.45. The second-order valence-electron chi connectivity index (χ2n) is 7.51. The topological polar surface area (TPSA) is 60.9 Å². The Kier molecular flexibility index (Phi) is 5.42. The number of benzene rings is 1. The van der Waals surface area contributed by atoms with Crippen LogP contribution in [-0.2, 0) is 9.59 Å². The van der Waals surface area contributed by atoms with Crippen LogP contribution in [0.1, 0.15) is 44.1 Å². The molecule has 2 fully saturated rings. The minimum absolute atomic E-state index is 0.0412. The van der Waals surface area contributed by atoms with Gasteiger partial charge < -0.3 is 14.9 Å². The number of hydrogen-bond donors (Lipinski definition) is 1. The third-order valence-electron chi connectivity index (χ3n) is 5.92. The van der Waals surface area contributed by atoms with Gasteiger partial charge in [-0.05, 0) is 50.3 Å². The van der Waals surface area contributed by atoms with E-state index in [2.05, 4.69) is 24.0 Å². The van der Waals surface area contributed by atoms with Crippen molar-refractivity contribution in [3.8, 4) is 0 Å². The van der Waals surface area contributed by atoms with E-state index in [1.165, 1.54) is 0 Å². The smallest absolute Gasteiger partial charge is 0.304 e. The second kappa shape index (κ2) is 7.56. The molecule has 0 unspecified atom stereocenters. The van der Waals surface area contributed by atoms with Crippen molar-refractivity contribution in [1.29, 1.82) is 0 Å². The minimum atomic E-state index is -0.732. The summed E-state index contributed by atoms with van der Waals surface area (Å²) in [5.74, 6) is -0.516. The van der Waals surface area contributed by atoms with Crippen LogP contribution < -0.4 is 0 Å². The maximum Gasteiger partial charge on any atom is 0.304 e. The van der Waals surface area contributed by atoms with E-state index in [9.17, 15) is 9.59 Å². The molecule has 5 nitrogen and oxygen atoms in total. The molecule has 2 heterocycles. The van der Waals surface area contributed by atoms with Crippen LogP contribution in [-0.4, -0.2) is 59.5 Å². The van der Waals surface area contributed by atoms with Gasteiger partial charge in [0, 0.05) is 19.6 Å².